The van der Waals surface area contributed by atoms with E-state index in [-0.39, 0.29) is 11.3 Å². The molecule has 1 heterocycles. The minimum Gasteiger partial charge on any atom is -0.292 e. The molecular formula is C34H25N3O6. The van der Waals surface area contributed by atoms with Crippen LogP contribution in [0.2, 0.25) is 0 Å². The molecule has 0 aromatic heterocycles. The number of imide groups is 1. The molecule has 1 fully saturated rings. The third kappa shape index (κ3) is 3.99. The van der Waals surface area contributed by atoms with Crippen LogP contribution in [0.4, 0.5) is 5.69 Å². The monoisotopic (exact) mass is 571 g/mol. The van der Waals surface area contributed by atoms with Crippen LogP contribution in [0.25, 0.3) is 0 Å². The number of carbonyl (C=O) groups excluding carboxylic acids is 4. The number of ketones is 1. The molecule has 9 nitrogen and oxygen atoms in total. The maximum Gasteiger partial charge on any atom is 0.273 e. The van der Waals surface area contributed by atoms with Crippen molar-refractivity contribution >= 4 is 29.2 Å². The fraction of sp³-hybridized carbons (Fsp3) is 0.176. The lowest BCUT2D eigenvalue weighted by Gasteiger charge is -2.45. The summed E-state index contributed by atoms with van der Waals surface area (Å²) in [5.74, 6) is -4.79. The van der Waals surface area contributed by atoms with Crippen molar-refractivity contribution in [3.05, 3.63) is 146 Å². The summed E-state index contributed by atoms with van der Waals surface area (Å²) in [6, 6.07) is 27.4. The van der Waals surface area contributed by atoms with Gasteiger partial charge in [0, 0.05) is 35.1 Å². The lowest BCUT2D eigenvalue weighted by atomic mass is 9.55. The first kappa shape index (κ1) is 26.5. The van der Waals surface area contributed by atoms with E-state index in [1.807, 2.05) is 55.5 Å². The quantitative estimate of drug-likeness (QED) is 0.139. The van der Waals surface area contributed by atoms with E-state index in [1.54, 1.807) is 24.3 Å². The number of Topliss-reactive ketones (excluding diaryl/α,β-unsaturated/α-hetero) is 1. The third-order valence-corrected chi connectivity index (χ3v) is 8.87. The zero-order valence-corrected chi connectivity index (χ0v) is 23.0. The van der Waals surface area contributed by atoms with Gasteiger partial charge in [0.05, 0.1) is 16.8 Å². The topological polar surface area (TPSA) is 118 Å². The fourth-order valence-corrected chi connectivity index (χ4v) is 7.00. The van der Waals surface area contributed by atoms with Crippen molar-refractivity contribution in [2.75, 3.05) is 6.54 Å². The molecule has 0 N–H and O–H groups in total. The van der Waals surface area contributed by atoms with Gasteiger partial charge in [-0.05, 0) is 35.2 Å². The molecule has 0 spiro atoms. The zero-order valence-electron chi connectivity index (χ0n) is 23.0. The minimum atomic E-state index is -0.855. The van der Waals surface area contributed by atoms with Crippen molar-refractivity contribution < 1.29 is 24.1 Å². The van der Waals surface area contributed by atoms with Crippen LogP contribution >= 0.6 is 0 Å². The van der Waals surface area contributed by atoms with Crippen LogP contribution in [0.15, 0.2) is 97.1 Å². The maximum atomic E-state index is 14.4. The zero-order chi connectivity index (χ0) is 30.0. The van der Waals surface area contributed by atoms with E-state index in [4.69, 9.17) is 0 Å². The van der Waals surface area contributed by atoms with Crippen molar-refractivity contribution in [1.82, 2.24) is 10.0 Å². The smallest absolute Gasteiger partial charge is 0.273 e. The third-order valence-electron chi connectivity index (χ3n) is 8.87. The van der Waals surface area contributed by atoms with Gasteiger partial charge in [-0.2, -0.15) is 5.01 Å². The summed E-state index contributed by atoms with van der Waals surface area (Å²) >= 11 is 0. The summed E-state index contributed by atoms with van der Waals surface area (Å²) in [5, 5.41) is 13.2. The van der Waals surface area contributed by atoms with Crippen LogP contribution in [-0.2, 0) is 9.59 Å². The Morgan fingerprint density at radius 2 is 1.26 bits per heavy atom. The summed E-state index contributed by atoms with van der Waals surface area (Å²) in [7, 11) is 0. The summed E-state index contributed by atoms with van der Waals surface area (Å²) in [4.78, 5) is 67.1. The van der Waals surface area contributed by atoms with Gasteiger partial charge in [0.15, 0.2) is 5.78 Å². The summed E-state index contributed by atoms with van der Waals surface area (Å²) in [6.07, 6.45) is 0. The lowest BCUT2D eigenvalue weighted by Crippen LogP contribution is -2.52. The highest BCUT2D eigenvalue weighted by molar-refractivity contribution is 6.11. The Labute approximate surface area is 246 Å². The second-order valence-corrected chi connectivity index (χ2v) is 11.2. The van der Waals surface area contributed by atoms with Crippen molar-refractivity contribution in [2.24, 2.45) is 11.8 Å². The SMILES string of the molecule is Cc1ccc(C(=O)CN(C(=O)c2cccc([N+](=O)[O-])c2)N2C(=O)[C@@H]3C4c5ccccc5C(c5ccccc54)[C@@H]3C2=O)cc1. The second kappa shape index (κ2) is 9.84. The van der Waals surface area contributed by atoms with Crippen LogP contribution < -0.4 is 0 Å². The normalized spacial score (nSPS) is 21.2. The summed E-state index contributed by atoms with van der Waals surface area (Å²) < 4.78 is 0. The van der Waals surface area contributed by atoms with Crippen molar-refractivity contribution in [1.29, 1.82) is 0 Å². The van der Waals surface area contributed by atoms with Gasteiger partial charge in [-0.25, -0.2) is 5.01 Å². The van der Waals surface area contributed by atoms with E-state index in [9.17, 15) is 29.3 Å². The van der Waals surface area contributed by atoms with E-state index in [1.165, 1.54) is 18.2 Å². The molecule has 9 heteroatoms. The molecule has 2 atom stereocenters. The number of aryl methyl sites for hydroxylation is 1. The number of rotatable bonds is 6. The van der Waals surface area contributed by atoms with Crippen LogP contribution in [-0.4, -0.2) is 45.0 Å². The van der Waals surface area contributed by atoms with E-state index >= 15 is 0 Å². The van der Waals surface area contributed by atoms with E-state index in [2.05, 4.69) is 0 Å². The predicted molar refractivity (Wildman–Crippen MR) is 155 cm³/mol. The largest absolute Gasteiger partial charge is 0.292 e. The summed E-state index contributed by atoms with van der Waals surface area (Å²) in [5.41, 5.74) is 4.70. The van der Waals surface area contributed by atoms with Gasteiger partial charge in [0.2, 0.25) is 0 Å². The van der Waals surface area contributed by atoms with Gasteiger partial charge in [-0.3, -0.25) is 29.3 Å². The number of non-ortho nitro benzene ring substituents is 1. The van der Waals surface area contributed by atoms with Gasteiger partial charge >= 0.3 is 0 Å². The Morgan fingerprint density at radius 3 is 1.74 bits per heavy atom. The predicted octanol–water partition coefficient (Wildman–Crippen LogP) is 5.04. The number of hydrogen-bond donors (Lipinski definition) is 0. The average Bonchev–Trinajstić information content (AvgIpc) is 3.29. The highest BCUT2D eigenvalue weighted by atomic mass is 16.6. The molecule has 3 amide bonds. The number of hydrazine groups is 1. The molecule has 1 aliphatic heterocycles. The van der Waals surface area contributed by atoms with Gasteiger partial charge in [0.1, 0.15) is 6.54 Å². The van der Waals surface area contributed by atoms with Crippen LogP contribution in [0.3, 0.4) is 0 Å². The second-order valence-electron chi connectivity index (χ2n) is 11.2. The van der Waals surface area contributed by atoms with Crippen LogP contribution in [0, 0.1) is 28.9 Å². The van der Waals surface area contributed by atoms with Crippen molar-refractivity contribution in [3.63, 3.8) is 0 Å². The number of nitro groups is 1. The van der Waals surface area contributed by atoms with Gasteiger partial charge < -0.3 is 0 Å². The standard InChI is InChI=1S/C34H25N3O6/c1-19-13-15-20(16-14-19)27(38)18-35(32(39)21-7-6-8-22(17-21)37(42)43)36-33(40)30-28-23-9-2-3-10-24(23)29(31(30)34(36)41)26-12-5-4-11-25(26)28/h2-17,28-31H,18H2,1H3/t28?,29?,30-,31+. The Kier molecular flexibility index (Phi) is 6.05. The van der Waals surface area contributed by atoms with Crippen LogP contribution in [0.1, 0.15) is 60.4 Å². The molecule has 4 aliphatic rings. The average molecular weight is 572 g/mol. The summed E-state index contributed by atoms with van der Waals surface area (Å²) in [6.45, 7) is 1.27. The highest BCUT2D eigenvalue weighted by Gasteiger charge is 2.63. The van der Waals surface area contributed by atoms with Crippen LogP contribution in [0.5, 0.6) is 0 Å². The number of nitrogens with zero attached hydrogens (tertiary/aromatic N) is 3. The van der Waals surface area contributed by atoms with Crippen molar-refractivity contribution in [2.45, 2.75) is 18.8 Å². The first-order valence-electron chi connectivity index (χ1n) is 14.0. The Bertz CT molecular complexity index is 1750. The molecule has 2 bridgehead atoms. The van der Waals surface area contributed by atoms with E-state index < -0.39 is 58.6 Å². The highest BCUT2D eigenvalue weighted by Crippen LogP contribution is 2.61. The molecule has 0 radical (unpaired) electrons. The Balaban J connectivity index is 1.33. The molecule has 212 valence electrons. The molecule has 3 aliphatic carbocycles. The molecule has 1 saturated heterocycles. The number of benzene rings is 4. The van der Waals surface area contributed by atoms with Gasteiger partial charge in [-0.1, -0.05) is 84.4 Å². The maximum absolute atomic E-state index is 14.4. The van der Waals surface area contributed by atoms with E-state index in [0.29, 0.717) is 5.56 Å². The lowest BCUT2D eigenvalue weighted by molar-refractivity contribution is -0.384. The first-order chi connectivity index (χ1) is 20.8. The Hall–Kier alpha value is -5.44. The Morgan fingerprint density at radius 1 is 0.744 bits per heavy atom. The van der Waals surface area contributed by atoms with E-state index in [0.717, 1.165) is 43.9 Å². The minimum absolute atomic E-state index is 0.115. The number of nitro benzene ring substituents is 1. The fourth-order valence-electron chi connectivity index (χ4n) is 7.00. The van der Waals surface area contributed by atoms with Gasteiger partial charge in [0.25, 0.3) is 23.4 Å². The molecule has 4 aromatic rings. The molecule has 43 heavy (non-hydrogen) atoms. The number of amides is 3. The van der Waals surface area contributed by atoms with Crippen molar-refractivity contribution in [3.8, 4) is 0 Å². The molecule has 0 saturated carbocycles. The molecule has 8 rings (SSSR count). The first-order valence-corrected chi connectivity index (χ1v) is 14.0. The van der Waals surface area contributed by atoms with Gasteiger partial charge in [-0.15, -0.1) is 0 Å². The number of hydrogen-bond acceptors (Lipinski definition) is 6. The molecular weight excluding hydrogens is 546 g/mol. The number of carbonyl (C=O) groups is 4. The molecule has 4 aromatic carbocycles. The molecule has 0 unspecified atom stereocenters.